The molecule has 13 heteroatoms. The monoisotopic (exact) mass is 733 g/mol. The number of aromatic amines is 1. The average Bonchev–Trinajstić information content (AvgIpc) is 3.53. The number of amides is 2. The zero-order valence-electron chi connectivity index (χ0n) is 31.3. The van der Waals surface area contributed by atoms with Gasteiger partial charge in [-0.2, -0.15) is 0 Å². The maximum Gasteiger partial charge on any atom is 0.303 e. The Morgan fingerprint density at radius 1 is 0.868 bits per heavy atom. The molecule has 0 radical (unpaired) electrons. The highest BCUT2D eigenvalue weighted by Gasteiger charge is 2.33. The van der Waals surface area contributed by atoms with Gasteiger partial charge in [-0.15, -0.1) is 0 Å². The van der Waals surface area contributed by atoms with E-state index in [0.717, 1.165) is 28.3 Å². The van der Waals surface area contributed by atoms with Gasteiger partial charge in [0.2, 0.25) is 11.8 Å². The Kier molecular flexibility index (Phi) is 17.8. The van der Waals surface area contributed by atoms with Gasteiger partial charge < -0.3 is 48.0 Å². The second-order valence-electron chi connectivity index (χ2n) is 14.5. The summed E-state index contributed by atoms with van der Waals surface area (Å²) in [5, 5.41) is 19.5. The van der Waals surface area contributed by atoms with Crippen molar-refractivity contribution in [2.45, 2.75) is 115 Å². The highest BCUT2D eigenvalue weighted by Crippen LogP contribution is 2.24. The number of carboxylic acid groups (broad SMARTS) is 1. The van der Waals surface area contributed by atoms with Crippen LogP contribution in [0.15, 0.2) is 60.8 Å². The minimum atomic E-state index is -0.940. The number of carbonyl (C=O) groups excluding carboxylic acids is 4. The Labute approximate surface area is 312 Å². The summed E-state index contributed by atoms with van der Waals surface area (Å²) in [5.41, 5.74) is 21.5. The van der Waals surface area contributed by atoms with Crippen LogP contribution in [0, 0.1) is 11.8 Å². The van der Waals surface area contributed by atoms with E-state index in [9.17, 15) is 29.1 Å². The van der Waals surface area contributed by atoms with Gasteiger partial charge in [0.05, 0.1) is 18.1 Å². The number of para-hydroxylation sites is 1. The van der Waals surface area contributed by atoms with Crippen molar-refractivity contribution in [2.24, 2.45) is 29.0 Å². The summed E-state index contributed by atoms with van der Waals surface area (Å²) in [6.07, 6.45) is 5.34. The first-order valence-corrected chi connectivity index (χ1v) is 18.7. The number of hydrogen-bond donors (Lipinski definition) is 8. The van der Waals surface area contributed by atoms with Crippen LogP contribution in [0.25, 0.3) is 10.9 Å². The SMILES string of the molecule is CC(C)C[C@@H](NC(=O)[C@@H](C)N)C(=O)N[C@H](Cc1ccccc1)C(=O)C[C@H](CCCN)C(N)C(CCCC(=O)O)N[C@@H](C=O)Cc1c[nH]c2ccccc12. The summed E-state index contributed by atoms with van der Waals surface area (Å²) < 4.78 is 0. The number of aliphatic carboxylic acids is 1. The van der Waals surface area contributed by atoms with Crippen LogP contribution in [-0.2, 0) is 36.8 Å². The van der Waals surface area contributed by atoms with Gasteiger partial charge in [-0.05, 0) is 87.4 Å². The molecular formula is C40H59N7O6. The predicted molar refractivity (Wildman–Crippen MR) is 207 cm³/mol. The fourth-order valence-electron chi connectivity index (χ4n) is 6.73. The summed E-state index contributed by atoms with van der Waals surface area (Å²) in [7, 11) is 0. The van der Waals surface area contributed by atoms with Gasteiger partial charge >= 0.3 is 5.97 Å². The van der Waals surface area contributed by atoms with Gasteiger partial charge in [0.1, 0.15) is 12.3 Å². The van der Waals surface area contributed by atoms with E-state index in [-0.39, 0.29) is 31.0 Å². The lowest BCUT2D eigenvalue weighted by Gasteiger charge is -2.34. The number of aromatic nitrogens is 1. The van der Waals surface area contributed by atoms with Crippen LogP contribution in [0.5, 0.6) is 0 Å². The number of carbonyl (C=O) groups is 5. The van der Waals surface area contributed by atoms with Crippen LogP contribution in [-0.4, -0.2) is 82.7 Å². The Bertz CT molecular complexity index is 1610. The summed E-state index contributed by atoms with van der Waals surface area (Å²) in [4.78, 5) is 67.7. The number of ketones is 1. The van der Waals surface area contributed by atoms with Crippen LogP contribution >= 0.6 is 0 Å². The standard InChI is InChI=1S/C40H59N7O6/c1-25(2)19-35(47-39(52)26(3)42)40(53)46-34(20-27-11-5-4-6-12-27)36(49)22-28(13-10-18-41)38(43)33(16-9-17-37(50)51)45-30(24-48)21-29-23-44-32-15-8-7-14-31(29)32/h4-8,11-12,14-15,23-26,28,30,33-35,38,44-45H,9-10,13,16-22,41-43H2,1-3H3,(H,46,53)(H,47,52)(H,50,51)/t26-,28+,30-,33?,34-,35-,38?/m1/s1. The lowest BCUT2D eigenvalue weighted by molar-refractivity contribution is -0.137. The quantitative estimate of drug-likeness (QED) is 0.0593. The van der Waals surface area contributed by atoms with Gasteiger partial charge in [-0.25, -0.2) is 0 Å². The molecule has 0 saturated heterocycles. The van der Waals surface area contributed by atoms with Crippen molar-refractivity contribution < 1.29 is 29.1 Å². The maximum atomic E-state index is 14.3. The first kappa shape index (κ1) is 43.0. The second-order valence-corrected chi connectivity index (χ2v) is 14.5. The third-order valence-electron chi connectivity index (χ3n) is 9.61. The van der Waals surface area contributed by atoms with Gasteiger partial charge in [0.15, 0.2) is 5.78 Å². The van der Waals surface area contributed by atoms with Crippen molar-refractivity contribution in [3.8, 4) is 0 Å². The number of carboxylic acids is 1. The molecule has 0 aliphatic rings. The third kappa shape index (κ3) is 14.1. The molecule has 13 nitrogen and oxygen atoms in total. The largest absolute Gasteiger partial charge is 0.481 e. The summed E-state index contributed by atoms with van der Waals surface area (Å²) in [6.45, 7) is 5.78. The minimum Gasteiger partial charge on any atom is -0.481 e. The van der Waals surface area contributed by atoms with Crippen molar-refractivity contribution in [3.63, 3.8) is 0 Å². The number of aldehydes is 1. The van der Waals surface area contributed by atoms with Crippen LogP contribution in [0.1, 0.15) is 76.8 Å². The molecular weight excluding hydrogens is 674 g/mol. The Morgan fingerprint density at radius 2 is 1.55 bits per heavy atom. The molecule has 11 N–H and O–H groups in total. The topological polar surface area (TPSA) is 236 Å². The third-order valence-corrected chi connectivity index (χ3v) is 9.61. The van der Waals surface area contributed by atoms with Crippen molar-refractivity contribution in [2.75, 3.05) is 6.54 Å². The molecule has 53 heavy (non-hydrogen) atoms. The molecule has 3 aromatic rings. The predicted octanol–water partition coefficient (Wildman–Crippen LogP) is 2.74. The molecule has 0 saturated carbocycles. The fourth-order valence-corrected chi connectivity index (χ4v) is 6.73. The number of rotatable bonds is 25. The normalized spacial score (nSPS) is 15.5. The first-order chi connectivity index (χ1) is 25.3. The molecule has 0 bridgehead atoms. The van der Waals surface area contributed by atoms with E-state index in [1.165, 1.54) is 6.92 Å². The molecule has 3 rings (SSSR count). The molecule has 0 fully saturated rings. The van der Waals surface area contributed by atoms with Gasteiger partial charge in [0, 0.05) is 42.0 Å². The maximum absolute atomic E-state index is 14.3. The second kappa shape index (κ2) is 21.9. The number of Topliss-reactive ketones (excluding diaryl/α,β-unsaturated/α-hetero) is 1. The van der Waals surface area contributed by atoms with E-state index in [1.54, 1.807) is 0 Å². The molecule has 290 valence electrons. The zero-order chi connectivity index (χ0) is 38.9. The summed E-state index contributed by atoms with van der Waals surface area (Å²) in [6, 6.07) is 12.7. The molecule has 1 heterocycles. The van der Waals surface area contributed by atoms with E-state index < -0.39 is 60.0 Å². The number of benzene rings is 2. The molecule has 0 aliphatic heterocycles. The highest BCUT2D eigenvalue weighted by atomic mass is 16.4. The lowest BCUT2D eigenvalue weighted by atomic mass is 9.82. The minimum absolute atomic E-state index is 0.00526. The van der Waals surface area contributed by atoms with Gasteiger partial charge in [-0.3, -0.25) is 19.2 Å². The Morgan fingerprint density at radius 3 is 2.19 bits per heavy atom. The zero-order valence-corrected chi connectivity index (χ0v) is 31.3. The van der Waals surface area contributed by atoms with Crippen LogP contribution < -0.4 is 33.2 Å². The fraction of sp³-hybridized carbons (Fsp3) is 0.525. The summed E-state index contributed by atoms with van der Waals surface area (Å²) in [5.74, 6) is -2.47. The molecule has 1 aromatic heterocycles. The van der Waals surface area contributed by atoms with Crippen molar-refractivity contribution in [1.29, 1.82) is 0 Å². The Balaban J connectivity index is 1.89. The van der Waals surface area contributed by atoms with Gasteiger partial charge in [0.25, 0.3) is 0 Å². The van der Waals surface area contributed by atoms with Crippen molar-refractivity contribution in [3.05, 3.63) is 71.9 Å². The number of hydrogen-bond acceptors (Lipinski definition) is 9. The molecule has 2 unspecified atom stereocenters. The van der Waals surface area contributed by atoms with E-state index in [4.69, 9.17) is 17.2 Å². The molecule has 0 aliphatic carbocycles. The van der Waals surface area contributed by atoms with Crippen LogP contribution in [0.3, 0.4) is 0 Å². The Hall–Kier alpha value is -4.43. The number of fused-ring (bicyclic) bond motifs is 1. The number of nitrogens with one attached hydrogen (secondary N) is 4. The first-order valence-electron chi connectivity index (χ1n) is 18.7. The van der Waals surface area contributed by atoms with Crippen LogP contribution in [0.4, 0.5) is 0 Å². The molecule has 2 amide bonds. The van der Waals surface area contributed by atoms with Gasteiger partial charge in [-0.1, -0.05) is 62.4 Å². The number of H-pyrrole nitrogens is 1. The van der Waals surface area contributed by atoms with E-state index in [1.807, 2.05) is 74.6 Å². The van der Waals surface area contributed by atoms with E-state index in [0.29, 0.717) is 45.1 Å². The average molecular weight is 734 g/mol. The molecule has 2 aromatic carbocycles. The number of nitrogens with two attached hydrogens (primary N) is 3. The van der Waals surface area contributed by atoms with Crippen molar-refractivity contribution in [1.82, 2.24) is 20.9 Å². The van der Waals surface area contributed by atoms with Crippen LogP contribution in [0.2, 0.25) is 0 Å². The smallest absolute Gasteiger partial charge is 0.303 e. The van der Waals surface area contributed by atoms with E-state index >= 15 is 0 Å². The summed E-state index contributed by atoms with van der Waals surface area (Å²) >= 11 is 0. The van der Waals surface area contributed by atoms with Crippen molar-refractivity contribution >= 4 is 40.8 Å². The molecule has 7 atom stereocenters. The van der Waals surface area contributed by atoms with E-state index in [2.05, 4.69) is 20.9 Å². The lowest BCUT2D eigenvalue weighted by Crippen LogP contribution is -2.56. The molecule has 0 spiro atoms. The highest BCUT2D eigenvalue weighted by molar-refractivity contribution is 5.93.